The minimum atomic E-state index is -0.420. The number of carbonyl (C=O) groups is 2. The van der Waals surface area contributed by atoms with Crippen molar-refractivity contribution in [3.8, 4) is 12.4 Å². The first-order valence-electron chi connectivity index (χ1n) is 7.76. The molecule has 0 heterocycles. The van der Waals surface area contributed by atoms with Crippen molar-refractivity contribution < 1.29 is 9.59 Å². The van der Waals surface area contributed by atoms with E-state index in [0.29, 0.717) is 16.7 Å². The average Bonchev–Trinajstić information content (AvgIpc) is 2.59. The third kappa shape index (κ3) is 2.38. The molecule has 0 radical (unpaired) electrons. The van der Waals surface area contributed by atoms with E-state index in [1.807, 2.05) is 20.8 Å². The maximum Gasteiger partial charge on any atom is 0.198 e. The molecular weight excluding hydrogens is 314 g/mol. The maximum atomic E-state index is 13.1. The molecule has 0 spiro atoms. The monoisotopic (exact) mass is 329 g/mol. The van der Waals surface area contributed by atoms with Crippen LogP contribution in [-0.4, -0.2) is 11.6 Å². The van der Waals surface area contributed by atoms with Gasteiger partial charge < -0.3 is 0 Å². The Labute approximate surface area is 145 Å². The summed E-state index contributed by atoms with van der Waals surface area (Å²) in [6.07, 6.45) is 3.60. The SMILES string of the molecule is CC(C)(C)c1ccc2c(c1N(C#N)C#N)C(=O)c1ccccc1C2=O. The van der Waals surface area contributed by atoms with Crippen LogP contribution in [0.4, 0.5) is 5.69 Å². The first-order chi connectivity index (χ1) is 11.8. The zero-order valence-corrected chi connectivity index (χ0v) is 14.1. The minimum Gasteiger partial charge on any atom is -0.289 e. The van der Waals surface area contributed by atoms with E-state index in [4.69, 9.17) is 0 Å². The van der Waals surface area contributed by atoms with Crippen LogP contribution in [0.1, 0.15) is 58.2 Å². The molecule has 122 valence electrons. The number of anilines is 1. The maximum absolute atomic E-state index is 13.1. The number of carbonyl (C=O) groups excluding carboxylic acids is 2. The summed E-state index contributed by atoms with van der Waals surface area (Å²) in [5, 5.41) is 18.8. The highest BCUT2D eigenvalue weighted by Crippen LogP contribution is 2.40. The molecule has 0 aliphatic heterocycles. The van der Waals surface area contributed by atoms with E-state index in [9.17, 15) is 20.1 Å². The van der Waals surface area contributed by atoms with E-state index < -0.39 is 5.41 Å². The molecule has 0 fully saturated rings. The van der Waals surface area contributed by atoms with Gasteiger partial charge in [-0.2, -0.15) is 15.4 Å². The third-order valence-corrected chi connectivity index (χ3v) is 4.30. The fourth-order valence-electron chi connectivity index (χ4n) is 3.13. The number of rotatable bonds is 1. The molecule has 0 amide bonds. The van der Waals surface area contributed by atoms with E-state index in [1.54, 1.807) is 48.8 Å². The largest absolute Gasteiger partial charge is 0.289 e. The Bertz CT molecular complexity index is 987. The van der Waals surface area contributed by atoms with Gasteiger partial charge in [0.1, 0.15) is 0 Å². The molecule has 0 N–H and O–H groups in total. The van der Waals surface area contributed by atoms with Crippen molar-refractivity contribution in [2.75, 3.05) is 4.90 Å². The van der Waals surface area contributed by atoms with Crippen molar-refractivity contribution in [3.05, 3.63) is 64.2 Å². The van der Waals surface area contributed by atoms with E-state index in [1.165, 1.54) is 0 Å². The van der Waals surface area contributed by atoms with Gasteiger partial charge in [-0.25, -0.2) is 0 Å². The number of nitriles is 2. The van der Waals surface area contributed by atoms with Gasteiger partial charge in [-0.3, -0.25) is 9.59 Å². The smallest absolute Gasteiger partial charge is 0.198 e. The standard InChI is InChI=1S/C20H15N3O2/c1-20(2,3)15-9-8-14-16(17(15)23(10-21)11-22)19(25)13-7-5-4-6-12(13)18(14)24/h4-9H,1-3H3. The summed E-state index contributed by atoms with van der Waals surface area (Å²) in [6, 6.07) is 9.93. The Balaban J connectivity index is 2.43. The Morgan fingerprint density at radius 3 is 1.92 bits per heavy atom. The predicted molar refractivity (Wildman–Crippen MR) is 92.2 cm³/mol. The Morgan fingerprint density at radius 2 is 1.40 bits per heavy atom. The van der Waals surface area contributed by atoms with Gasteiger partial charge in [-0.15, -0.1) is 0 Å². The lowest BCUT2D eigenvalue weighted by Crippen LogP contribution is -2.27. The van der Waals surface area contributed by atoms with Gasteiger partial charge in [0, 0.05) is 16.7 Å². The molecule has 2 aromatic carbocycles. The normalized spacial score (nSPS) is 12.7. The zero-order valence-electron chi connectivity index (χ0n) is 14.1. The summed E-state index contributed by atoms with van der Waals surface area (Å²) < 4.78 is 0. The lowest BCUT2D eigenvalue weighted by atomic mass is 9.77. The number of hydrogen-bond donors (Lipinski definition) is 0. The number of benzene rings is 2. The predicted octanol–water partition coefficient (Wildman–Crippen LogP) is 3.53. The Kier molecular flexibility index (Phi) is 3.66. The summed E-state index contributed by atoms with van der Waals surface area (Å²) in [5.41, 5.74) is 1.42. The molecule has 1 aliphatic rings. The molecule has 0 bridgehead atoms. The molecule has 1 aliphatic carbocycles. The lowest BCUT2D eigenvalue weighted by Gasteiger charge is -2.28. The lowest BCUT2D eigenvalue weighted by molar-refractivity contribution is 0.0979. The molecule has 2 aromatic rings. The van der Waals surface area contributed by atoms with Crippen molar-refractivity contribution in [1.29, 1.82) is 10.5 Å². The molecule has 3 rings (SSSR count). The molecule has 0 atom stereocenters. The van der Waals surface area contributed by atoms with Gasteiger partial charge in [0.2, 0.25) is 0 Å². The first-order valence-corrected chi connectivity index (χ1v) is 7.76. The van der Waals surface area contributed by atoms with Crippen LogP contribution in [0.5, 0.6) is 0 Å². The van der Waals surface area contributed by atoms with Crippen molar-refractivity contribution in [2.24, 2.45) is 0 Å². The number of fused-ring (bicyclic) bond motifs is 2. The minimum absolute atomic E-state index is 0.124. The second-order valence-corrected chi connectivity index (χ2v) is 6.87. The summed E-state index contributed by atoms with van der Waals surface area (Å²) in [4.78, 5) is 26.7. The molecule has 0 saturated heterocycles. The summed E-state index contributed by atoms with van der Waals surface area (Å²) in [6.45, 7) is 5.77. The second kappa shape index (κ2) is 5.58. The third-order valence-electron chi connectivity index (χ3n) is 4.30. The second-order valence-electron chi connectivity index (χ2n) is 6.87. The van der Waals surface area contributed by atoms with Crippen LogP contribution in [-0.2, 0) is 5.41 Å². The molecule has 25 heavy (non-hydrogen) atoms. The van der Waals surface area contributed by atoms with Crippen LogP contribution < -0.4 is 4.90 Å². The van der Waals surface area contributed by atoms with Gasteiger partial charge in [0.15, 0.2) is 24.0 Å². The molecule has 0 saturated carbocycles. The van der Waals surface area contributed by atoms with E-state index in [0.717, 1.165) is 4.90 Å². The highest BCUT2D eigenvalue weighted by molar-refractivity contribution is 6.30. The summed E-state index contributed by atoms with van der Waals surface area (Å²) >= 11 is 0. The van der Waals surface area contributed by atoms with Gasteiger partial charge >= 0.3 is 0 Å². The molecule has 0 unspecified atom stereocenters. The zero-order chi connectivity index (χ0) is 18.4. The number of hydrogen-bond acceptors (Lipinski definition) is 5. The average molecular weight is 329 g/mol. The molecule has 0 aromatic heterocycles. The summed E-state index contributed by atoms with van der Waals surface area (Å²) in [5.74, 6) is -0.621. The van der Waals surface area contributed by atoms with E-state index >= 15 is 0 Å². The number of nitrogens with zero attached hydrogens (tertiary/aromatic N) is 3. The van der Waals surface area contributed by atoms with Gasteiger partial charge in [-0.05, 0) is 17.0 Å². The van der Waals surface area contributed by atoms with Crippen LogP contribution in [0.2, 0.25) is 0 Å². The molecular formula is C20H15N3O2. The van der Waals surface area contributed by atoms with Gasteiger partial charge in [0.25, 0.3) is 0 Å². The van der Waals surface area contributed by atoms with Crippen molar-refractivity contribution in [1.82, 2.24) is 0 Å². The van der Waals surface area contributed by atoms with Crippen LogP contribution in [0.25, 0.3) is 0 Å². The van der Waals surface area contributed by atoms with Crippen molar-refractivity contribution in [2.45, 2.75) is 26.2 Å². The Hall–Kier alpha value is -3.44. The van der Waals surface area contributed by atoms with Gasteiger partial charge in [0.05, 0.1) is 11.3 Å². The highest BCUT2D eigenvalue weighted by Gasteiger charge is 2.36. The number of ketones is 2. The Morgan fingerprint density at radius 1 is 0.840 bits per heavy atom. The highest BCUT2D eigenvalue weighted by atomic mass is 16.1. The van der Waals surface area contributed by atoms with Crippen molar-refractivity contribution in [3.63, 3.8) is 0 Å². The van der Waals surface area contributed by atoms with Crippen LogP contribution in [0, 0.1) is 22.9 Å². The summed E-state index contributed by atoms with van der Waals surface area (Å²) in [7, 11) is 0. The van der Waals surface area contributed by atoms with Crippen LogP contribution in [0.3, 0.4) is 0 Å². The van der Waals surface area contributed by atoms with Gasteiger partial charge in [-0.1, -0.05) is 51.1 Å². The first kappa shape index (κ1) is 16.4. The van der Waals surface area contributed by atoms with E-state index in [-0.39, 0.29) is 28.4 Å². The van der Waals surface area contributed by atoms with Crippen LogP contribution in [0.15, 0.2) is 36.4 Å². The van der Waals surface area contributed by atoms with E-state index in [2.05, 4.69) is 0 Å². The van der Waals surface area contributed by atoms with Crippen molar-refractivity contribution >= 4 is 17.3 Å². The van der Waals surface area contributed by atoms with Crippen LogP contribution >= 0.6 is 0 Å². The quantitative estimate of drug-likeness (QED) is 0.503. The molecule has 5 nitrogen and oxygen atoms in total. The molecule has 5 heteroatoms. The topological polar surface area (TPSA) is 85.0 Å². The fraction of sp³-hybridized carbons (Fsp3) is 0.200. The fourth-order valence-corrected chi connectivity index (χ4v) is 3.13.